The van der Waals surface area contributed by atoms with Crippen molar-refractivity contribution in [3.63, 3.8) is 0 Å². The van der Waals surface area contributed by atoms with Gasteiger partial charge in [-0.3, -0.25) is 4.79 Å². The maximum Gasteiger partial charge on any atom is 0.219 e. The second-order valence-electron chi connectivity index (χ2n) is 4.23. The number of nitriles is 1. The first-order chi connectivity index (χ1) is 7.13. The van der Waals surface area contributed by atoms with Crippen molar-refractivity contribution in [3.05, 3.63) is 12.7 Å². The first-order valence-corrected chi connectivity index (χ1v) is 5.41. The van der Waals surface area contributed by atoms with Crippen LogP contribution in [-0.4, -0.2) is 23.9 Å². The zero-order valence-electron chi connectivity index (χ0n) is 9.33. The smallest absolute Gasteiger partial charge is 0.219 e. The quantitative estimate of drug-likeness (QED) is 0.664. The molecule has 0 aromatic heterocycles. The normalized spacial score (nSPS) is 19.3. The van der Waals surface area contributed by atoms with E-state index in [0.29, 0.717) is 0 Å². The number of nitrogens with zero attached hydrogens (tertiary/aromatic N) is 2. The largest absolute Gasteiger partial charge is 0.343 e. The SMILES string of the molecule is C=CCCC1(C#N)CCN(C(C)=O)CC1. The monoisotopic (exact) mass is 206 g/mol. The lowest BCUT2D eigenvalue weighted by atomic mass is 9.76. The number of carbonyl (C=O) groups is 1. The second kappa shape index (κ2) is 4.97. The summed E-state index contributed by atoms with van der Waals surface area (Å²) in [6, 6.07) is 2.43. The summed E-state index contributed by atoms with van der Waals surface area (Å²) < 4.78 is 0. The first kappa shape index (κ1) is 11.8. The Morgan fingerprint density at radius 2 is 2.20 bits per heavy atom. The fourth-order valence-electron chi connectivity index (χ4n) is 2.05. The lowest BCUT2D eigenvalue weighted by Gasteiger charge is -2.36. The van der Waals surface area contributed by atoms with Crippen molar-refractivity contribution in [1.29, 1.82) is 5.26 Å². The summed E-state index contributed by atoms with van der Waals surface area (Å²) in [6.45, 7) is 6.71. The Kier molecular flexibility index (Phi) is 3.90. The first-order valence-electron chi connectivity index (χ1n) is 5.41. The Hall–Kier alpha value is -1.30. The van der Waals surface area contributed by atoms with E-state index >= 15 is 0 Å². The van der Waals surface area contributed by atoms with Gasteiger partial charge in [-0.25, -0.2) is 0 Å². The lowest BCUT2D eigenvalue weighted by Crippen LogP contribution is -2.41. The van der Waals surface area contributed by atoms with Gasteiger partial charge in [0.2, 0.25) is 5.91 Å². The molecule has 3 heteroatoms. The molecule has 0 saturated carbocycles. The Bertz CT molecular complexity index is 282. The van der Waals surface area contributed by atoms with E-state index in [4.69, 9.17) is 0 Å². The van der Waals surface area contributed by atoms with Gasteiger partial charge >= 0.3 is 0 Å². The van der Waals surface area contributed by atoms with Crippen molar-refractivity contribution in [2.75, 3.05) is 13.1 Å². The van der Waals surface area contributed by atoms with Crippen LogP contribution in [0.4, 0.5) is 0 Å². The molecule has 15 heavy (non-hydrogen) atoms. The molecule has 1 heterocycles. The van der Waals surface area contributed by atoms with Crippen molar-refractivity contribution >= 4 is 5.91 Å². The second-order valence-corrected chi connectivity index (χ2v) is 4.23. The number of allylic oxidation sites excluding steroid dienone is 1. The highest BCUT2D eigenvalue weighted by atomic mass is 16.2. The number of amides is 1. The van der Waals surface area contributed by atoms with E-state index in [1.807, 2.05) is 11.0 Å². The molecule has 0 atom stereocenters. The van der Waals surface area contributed by atoms with Crippen LogP contribution in [0.2, 0.25) is 0 Å². The van der Waals surface area contributed by atoms with Gasteiger partial charge in [-0.05, 0) is 25.7 Å². The predicted octanol–water partition coefficient (Wildman–Crippen LogP) is 2.10. The third-order valence-electron chi connectivity index (χ3n) is 3.23. The van der Waals surface area contributed by atoms with Gasteiger partial charge in [-0.2, -0.15) is 5.26 Å². The Labute approximate surface area is 91.4 Å². The van der Waals surface area contributed by atoms with Crippen LogP contribution in [0.25, 0.3) is 0 Å². The molecular formula is C12H18N2O. The number of piperidine rings is 1. The van der Waals surface area contributed by atoms with Gasteiger partial charge in [0.1, 0.15) is 0 Å². The molecule has 1 amide bonds. The fraction of sp³-hybridized carbons (Fsp3) is 0.667. The molecule has 82 valence electrons. The van der Waals surface area contributed by atoms with Crippen molar-refractivity contribution in [2.24, 2.45) is 5.41 Å². The van der Waals surface area contributed by atoms with E-state index in [9.17, 15) is 10.1 Å². The van der Waals surface area contributed by atoms with Gasteiger partial charge < -0.3 is 4.90 Å². The number of hydrogen-bond donors (Lipinski definition) is 0. The summed E-state index contributed by atoms with van der Waals surface area (Å²) >= 11 is 0. The molecule has 1 aliphatic rings. The molecule has 1 saturated heterocycles. The molecule has 0 aromatic rings. The van der Waals surface area contributed by atoms with Crippen LogP contribution in [0, 0.1) is 16.7 Å². The molecule has 0 unspecified atom stereocenters. The van der Waals surface area contributed by atoms with Crippen LogP contribution < -0.4 is 0 Å². The molecule has 0 spiro atoms. The van der Waals surface area contributed by atoms with Crippen LogP contribution in [0.1, 0.15) is 32.6 Å². The molecule has 1 fully saturated rings. The molecule has 3 nitrogen and oxygen atoms in total. The van der Waals surface area contributed by atoms with E-state index in [-0.39, 0.29) is 11.3 Å². The summed E-state index contributed by atoms with van der Waals surface area (Å²) in [7, 11) is 0. The van der Waals surface area contributed by atoms with Crippen molar-refractivity contribution in [1.82, 2.24) is 4.90 Å². The number of likely N-dealkylation sites (tertiary alicyclic amines) is 1. The Balaban J connectivity index is 2.55. The van der Waals surface area contributed by atoms with E-state index in [1.165, 1.54) is 0 Å². The van der Waals surface area contributed by atoms with Crippen LogP contribution in [-0.2, 0) is 4.79 Å². The van der Waals surface area contributed by atoms with Gasteiger partial charge in [-0.1, -0.05) is 6.08 Å². The molecule has 0 N–H and O–H groups in total. The molecular weight excluding hydrogens is 188 g/mol. The minimum Gasteiger partial charge on any atom is -0.343 e. The average Bonchev–Trinajstić information content (AvgIpc) is 2.27. The van der Waals surface area contributed by atoms with E-state index in [2.05, 4.69) is 12.6 Å². The van der Waals surface area contributed by atoms with E-state index in [1.54, 1.807) is 6.92 Å². The molecule has 0 aliphatic carbocycles. The highest BCUT2D eigenvalue weighted by Gasteiger charge is 2.34. The van der Waals surface area contributed by atoms with Crippen molar-refractivity contribution in [3.8, 4) is 6.07 Å². The van der Waals surface area contributed by atoms with Crippen LogP contribution in [0.15, 0.2) is 12.7 Å². The fourth-order valence-corrected chi connectivity index (χ4v) is 2.05. The summed E-state index contributed by atoms with van der Waals surface area (Å²) in [5, 5.41) is 9.21. The Morgan fingerprint density at radius 1 is 1.60 bits per heavy atom. The van der Waals surface area contributed by atoms with Crippen molar-refractivity contribution in [2.45, 2.75) is 32.6 Å². The summed E-state index contributed by atoms with van der Waals surface area (Å²) in [5.41, 5.74) is -0.222. The molecule has 1 aliphatic heterocycles. The molecule has 0 aromatic carbocycles. The van der Waals surface area contributed by atoms with E-state index < -0.39 is 0 Å². The molecule has 0 radical (unpaired) electrons. The minimum absolute atomic E-state index is 0.116. The number of rotatable bonds is 3. The van der Waals surface area contributed by atoms with Crippen LogP contribution in [0.3, 0.4) is 0 Å². The standard InChI is InChI=1S/C12H18N2O/c1-3-4-5-12(10-13)6-8-14(9-7-12)11(2)15/h3H,1,4-9H2,2H3. The van der Waals surface area contributed by atoms with Gasteiger partial charge in [-0.15, -0.1) is 6.58 Å². The predicted molar refractivity (Wildman–Crippen MR) is 59.0 cm³/mol. The highest BCUT2D eigenvalue weighted by Crippen LogP contribution is 2.35. The lowest BCUT2D eigenvalue weighted by molar-refractivity contribution is -0.130. The molecule has 1 rings (SSSR count). The summed E-state index contributed by atoms with van der Waals surface area (Å²) in [6.07, 6.45) is 5.22. The average molecular weight is 206 g/mol. The maximum absolute atomic E-state index is 11.1. The van der Waals surface area contributed by atoms with Gasteiger partial charge in [0.25, 0.3) is 0 Å². The topological polar surface area (TPSA) is 44.1 Å². The molecule has 0 bridgehead atoms. The van der Waals surface area contributed by atoms with Crippen LogP contribution in [0.5, 0.6) is 0 Å². The number of hydrogen-bond acceptors (Lipinski definition) is 2. The summed E-state index contributed by atoms with van der Waals surface area (Å²) in [5.74, 6) is 0.116. The van der Waals surface area contributed by atoms with Gasteiger partial charge in [0.15, 0.2) is 0 Å². The zero-order valence-corrected chi connectivity index (χ0v) is 9.33. The Morgan fingerprint density at radius 3 is 2.60 bits per heavy atom. The third-order valence-corrected chi connectivity index (χ3v) is 3.23. The van der Waals surface area contributed by atoms with Gasteiger partial charge in [0.05, 0.1) is 11.5 Å². The summed E-state index contributed by atoms with van der Waals surface area (Å²) in [4.78, 5) is 13.0. The minimum atomic E-state index is -0.222. The number of carbonyl (C=O) groups excluding carboxylic acids is 1. The zero-order chi connectivity index (χ0) is 11.3. The highest BCUT2D eigenvalue weighted by molar-refractivity contribution is 5.73. The van der Waals surface area contributed by atoms with Gasteiger partial charge in [0, 0.05) is 20.0 Å². The van der Waals surface area contributed by atoms with Crippen LogP contribution >= 0.6 is 0 Å². The van der Waals surface area contributed by atoms with E-state index in [0.717, 1.165) is 38.8 Å². The maximum atomic E-state index is 11.1. The third kappa shape index (κ3) is 2.82. The van der Waals surface area contributed by atoms with Crippen molar-refractivity contribution < 1.29 is 4.79 Å².